The number of aromatic nitrogens is 2. The van der Waals surface area contributed by atoms with Crippen molar-refractivity contribution in [3.05, 3.63) is 22.7 Å². The lowest BCUT2D eigenvalue weighted by Gasteiger charge is -2.26. The topological polar surface area (TPSA) is 66.9 Å². The number of hydrogen-bond acceptors (Lipinski definition) is 3. The molecule has 0 bridgehead atoms. The number of nitrogens with one attached hydrogen (secondary N) is 2. The summed E-state index contributed by atoms with van der Waals surface area (Å²) in [5, 5.41) is 5.82. The molecule has 1 aliphatic carbocycles. The number of amides is 2. The van der Waals surface area contributed by atoms with Gasteiger partial charge in [0.05, 0.1) is 24.6 Å². The van der Waals surface area contributed by atoms with Gasteiger partial charge in [-0.05, 0) is 47.5 Å². The molecule has 104 valence electrons. The van der Waals surface area contributed by atoms with Crippen LogP contribution in [0.2, 0.25) is 0 Å². The molecule has 1 aromatic rings. The number of hydrogen-bond donors (Lipinski definition) is 2. The summed E-state index contributed by atoms with van der Waals surface area (Å²) in [6.45, 7) is 2.66. The average molecular weight is 327 g/mol. The molecule has 1 aromatic heterocycles. The lowest BCUT2D eigenvalue weighted by Crippen LogP contribution is -2.43. The van der Waals surface area contributed by atoms with Crippen molar-refractivity contribution in [2.24, 2.45) is 5.92 Å². The molecule has 2 N–H and O–H groups in total. The molecule has 19 heavy (non-hydrogen) atoms. The Hall–Kier alpha value is -1.17. The fourth-order valence-electron chi connectivity index (χ4n) is 2.24. The first-order valence-electron chi connectivity index (χ1n) is 6.64. The van der Waals surface area contributed by atoms with Crippen molar-refractivity contribution < 1.29 is 4.79 Å². The van der Waals surface area contributed by atoms with E-state index in [-0.39, 0.29) is 6.03 Å². The molecule has 2 amide bonds. The van der Waals surface area contributed by atoms with E-state index in [0.717, 1.165) is 24.5 Å². The summed E-state index contributed by atoms with van der Waals surface area (Å²) in [7, 11) is 0. The van der Waals surface area contributed by atoms with Crippen molar-refractivity contribution in [1.29, 1.82) is 0 Å². The summed E-state index contributed by atoms with van der Waals surface area (Å²) in [5.41, 5.74) is 0.746. The normalized spacial score (nSPS) is 22.8. The van der Waals surface area contributed by atoms with E-state index in [1.807, 2.05) is 0 Å². The quantitative estimate of drug-likeness (QED) is 0.897. The third-order valence-electron chi connectivity index (χ3n) is 3.45. The van der Waals surface area contributed by atoms with Crippen LogP contribution in [-0.4, -0.2) is 22.0 Å². The van der Waals surface area contributed by atoms with E-state index in [4.69, 9.17) is 0 Å². The summed E-state index contributed by atoms with van der Waals surface area (Å²) in [6, 6.07) is 0.191. The average Bonchev–Trinajstić information content (AvgIpc) is 2.41. The Balaban J connectivity index is 1.71. The fraction of sp³-hybridized carbons (Fsp3) is 0.615. The Labute approximate surface area is 121 Å². The molecular weight excluding hydrogens is 308 g/mol. The van der Waals surface area contributed by atoms with Gasteiger partial charge in [0.1, 0.15) is 4.60 Å². The van der Waals surface area contributed by atoms with Gasteiger partial charge in [0, 0.05) is 6.04 Å². The Morgan fingerprint density at radius 2 is 2.05 bits per heavy atom. The molecular formula is C13H19BrN4O. The number of halogens is 1. The third-order valence-corrected chi connectivity index (χ3v) is 3.86. The second-order valence-corrected chi connectivity index (χ2v) is 5.93. The maximum Gasteiger partial charge on any atom is 0.315 e. The molecule has 0 spiro atoms. The molecule has 1 fully saturated rings. The number of nitrogens with zero attached hydrogens (tertiary/aromatic N) is 2. The van der Waals surface area contributed by atoms with Gasteiger partial charge >= 0.3 is 6.03 Å². The summed E-state index contributed by atoms with van der Waals surface area (Å²) < 4.78 is 0.692. The number of carbonyl (C=O) groups is 1. The summed E-state index contributed by atoms with van der Waals surface area (Å²) >= 11 is 3.22. The molecule has 0 atom stereocenters. The summed E-state index contributed by atoms with van der Waals surface area (Å²) in [5.74, 6) is 0.791. The van der Waals surface area contributed by atoms with Gasteiger partial charge in [-0.15, -0.1) is 0 Å². The third kappa shape index (κ3) is 4.78. The van der Waals surface area contributed by atoms with E-state index < -0.39 is 0 Å². The Morgan fingerprint density at radius 1 is 1.32 bits per heavy atom. The zero-order valence-corrected chi connectivity index (χ0v) is 12.6. The maximum atomic E-state index is 11.8. The zero-order chi connectivity index (χ0) is 13.7. The second kappa shape index (κ2) is 6.84. The van der Waals surface area contributed by atoms with Crippen LogP contribution in [0.1, 0.15) is 38.3 Å². The second-order valence-electron chi connectivity index (χ2n) is 5.11. The fourth-order valence-corrected chi connectivity index (χ4v) is 2.45. The van der Waals surface area contributed by atoms with Crippen LogP contribution < -0.4 is 10.6 Å². The van der Waals surface area contributed by atoms with Crippen LogP contribution in [0.4, 0.5) is 4.79 Å². The van der Waals surface area contributed by atoms with Gasteiger partial charge in [0.25, 0.3) is 0 Å². The van der Waals surface area contributed by atoms with Crippen LogP contribution in [-0.2, 0) is 6.54 Å². The molecule has 0 unspecified atom stereocenters. The minimum atomic E-state index is -0.121. The van der Waals surface area contributed by atoms with E-state index in [0.29, 0.717) is 17.2 Å². The molecule has 1 aliphatic rings. The molecule has 0 saturated heterocycles. The molecule has 6 heteroatoms. The molecule has 0 aliphatic heterocycles. The molecule has 1 saturated carbocycles. The number of urea groups is 1. The Bertz CT molecular complexity index is 415. The van der Waals surface area contributed by atoms with Crippen molar-refractivity contribution in [1.82, 2.24) is 20.6 Å². The van der Waals surface area contributed by atoms with Gasteiger partial charge in [-0.1, -0.05) is 6.92 Å². The van der Waals surface area contributed by atoms with Crippen molar-refractivity contribution >= 4 is 22.0 Å². The highest BCUT2D eigenvalue weighted by Gasteiger charge is 2.19. The van der Waals surface area contributed by atoms with E-state index in [2.05, 4.69) is 43.5 Å². The SMILES string of the molecule is CC1CCC(NC(=O)NCc2cnc(Br)cn2)CC1. The maximum absolute atomic E-state index is 11.8. The lowest BCUT2D eigenvalue weighted by atomic mass is 9.87. The minimum absolute atomic E-state index is 0.121. The largest absolute Gasteiger partial charge is 0.335 e. The van der Waals surface area contributed by atoms with Crippen LogP contribution >= 0.6 is 15.9 Å². The van der Waals surface area contributed by atoms with Crippen molar-refractivity contribution in [3.8, 4) is 0 Å². The highest BCUT2D eigenvalue weighted by Crippen LogP contribution is 2.23. The molecule has 0 aromatic carbocycles. The Morgan fingerprint density at radius 3 is 2.68 bits per heavy atom. The first-order valence-corrected chi connectivity index (χ1v) is 7.43. The van der Waals surface area contributed by atoms with Gasteiger partial charge in [0.15, 0.2) is 0 Å². The van der Waals surface area contributed by atoms with E-state index in [9.17, 15) is 4.79 Å². The molecule has 0 radical (unpaired) electrons. The standard InChI is InChI=1S/C13H19BrN4O/c1-9-2-4-10(5-3-9)18-13(19)17-7-11-6-16-12(14)8-15-11/h6,8-10H,2-5,7H2,1H3,(H2,17,18,19). The number of rotatable bonds is 3. The minimum Gasteiger partial charge on any atom is -0.335 e. The molecule has 2 rings (SSSR count). The van der Waals surface area contributed by atoms with Crippen molar-refractivity contribution in [2.75, 3.05) is 0 Å². The van der Waals surface area contributed by atoms with E-state index in [1.54, 1.807) is 12.4 Å². The van der Waals surface area contributed by atoms with Crippen LogP contribution in [0.25, 0.3) is 0 Å². The van der Waals surface area contributed by atoms with Gasteiger partial charge in [-0.3, -0.25) is 4.98 Å². The van der Waals surface area contributed by atoms with Gasteiger partial charge in [-0.25, -0.2) is 9.78 Å². The number of carbonyl (C=O) groups excluding carboxylic acids is 1. The van der Waals surface area contributed by atoms with Crippen molar-refractivity contribution in [3.63, 3.8) is 0 Å². The van der Waals surface area contributed by atoms with Gasteiger partial charge in [-0.2, -0.15) is 0 Å². The van der Waals surface area contributed by atoms with Crippen LogP contribution in [0.5, 0.6) is 0 Å². The monoisotopic (exact) mass is 326 g/mol. The predicted octanol–water partition coefficient (Wildman–Crippen LogP) is 2.62. The predicted molar refractivity (Wildman–Crippen MR) is 76.5 cm³/mol. The smallest absolute Gasteiger partial charge is 0.315 e. The Kier molecular flexibility index (Phi) is 5.13. The molecule has 1 heterocycles. The van der Waals surface area contributed by atoms with E-state index in [1.165, 1.54) is 12.8 Å². The first kappa shape index (κ1) is 14.2. The summed E-state index contributed by atoms with van der Waals surface area (Å²) in [6.07, 6.45) is 7.82. The zero-order valence-electron chi connectivity index (χ0n) is 11.0. The van der Waals surface area contributed by atoms with Gasteiger partial charge in [0.2, 0.25) is 0 Å². The lowest BCUT2D eigenvalue weighted by molar-refractivity contribution is 0.228. The highest BCUT2D eigenvalue weighted by atomic mass is 79.9. The van der Waals surface area contributed by atoms with Crippen LogP contribution in [0.3, 0.4) is 0 Å². The van der Waals surface area contributed by atoms with E-state index >= 15 is 0 Å². The van der Waals surface area contributed by atoms with Gasteiger partial charge < -0.3 is 10.6 Å². The van der Waals surface area contributed by atoms with Crippen molar-refractivity contribution in [2.45, 2.75) is 45.2 Å². The van der Waals surface area contributed by atoms with Crippen LogP contribution in [0, 0.1) is 5.92 Å². The van der Waals surface area contributed by atoms with Crippen LogP contribution in [0.15, 0.2) is 17.0 Å². The highest BCUT2D eigenvalue weighted by molar-refractivity contribution is 9.10. The first-order chi connectivity index (χ1) is 9.13. The summed E-state index contributed by atoms with van der Waals surface area (Å²) in [4.78, 5) is 20.0. The molecule has 5 nitrogen and oxygen atoms in total.